The molecule has 0 saturated heterocycles. The van der Waals surface area contributed by atoms with E-state index < -0.39 is 0 Å². The Bertz CT molecular complexity index is 1360. The molecule has 0 aliphatic heterocycles. The molecule has 0 radical (unpaired) electrons. The number of carbonyl (C=O) groups is 1. The fourth-order valence-electron chi connectivity index (χ4n) is 3.38. The summed E-state index contributed by atoms with van der Waals surface area (Å²) in [5.41, 5.74) is 9.27. The number of carbonyl (C=O) groups excluding carboxylic acids is 1. The van der Waals surface area contributed by atoms with Crippen LogP contribution >= 0.6 is 0 Å². The lowest BCUT2D eigenvalue weighted by Gasteiger charge is -2.09. The Hall–Kier alpha value is -4.40. The first-order chi connectivity index (χ1) is 15.6. The lowest BCUT2D eigenvalue weighted by atomic mass is 10.2. The third-order valence-corrected chi connectivity index (χ3v) is 4.85. The van der Waals surface area contributed by atoms with E-state index in [2.05, 4.69) is 27.0 Å². The van der Waals surface area contributed by atoms with Gasteiger partial charge in [-0.3, -0.25) is 4.79 Å². The van der Waals surface area contributed by atoms with Crippen LogP contribution in [0.4, 0.5) is 5.82 Å². The van der Waals surface area contributed by atoms with Gasteiger partial charge in [-0.2, -0.15) is 9.78 Å². The minimum Gasteiger partial charge on any atom is -0.493 e. The van der Waals surface area contributed by atoms with E-state index in [0.717, 1.165) is 0 Å². The van der Waals surface area contributed by atoms with Gasteiger partial charge in [0.1, 0.15) is 16.9 Å². The lowest BCUT2D eigenvalue weighted by molar-refractivity contribution is 0.0960. The van der Waals surface area contributed by atoms with Crippen molar-refractivity contribution in [2.75, 3.05) is 26.5 Å². The van der Waals surface area contributed by atoms with Crippen LogP contribution in [0.1, 0.15) is 15.9 Å². The van der Waals surface area contributed by atoms with Crippen molar-refractivity contribution >= 4 is 40.1 Å². The van der Waals surface area contributed by atoms with Crippen LogP contribution in [-0.4, -0.2) is 47.5 Å². The highest BCUT2D eigenvalue weighted by Gasteiger charge is 2.23. The summed E-state index contributed by atoms with van der Waals surface area (Å²) in [7, 11) is 3.11. The Labute approximate surface area is 184 Å². The second kappa shape index (κ2) is 8.76. The Balaban J connectivity index is 1.92. The number of hydrogen-bond donors (Lipinski definition) is 2. The van der Waals surface area contributed by atoms with Gasteiger partial charge in [0, 0.05) is 12.1 Å². The molecule has 2 aromatic carbocycles. The van der Waals surface area contributed by atoms with Crippen molar-refractivity contribution in [1.29, 1.82) is 0 Å². The average molecular weight is 430 g/mol. The number of nitrogens with two attached hydrogens (primary N) is 1. The largest absolute Gasteiger partial charge is 0.493 e. The second-order valence-electron chi connectivity index (χ2n) is 6.78. The molecule has 0 atom stereocenters. The molecule has 9 nitrogen and oxygen atoms in total. The van der Waals surface area contributed by atoms with Gasteiger partial charge >= 0.3 is 0 Å². The van der Waals surface area contributed by atoms with Crippen molar-refractivity contribution in [2.45, 2.75) is 0 Å². The fourth-order valence-corrected chi connectivity index (χ4v) is 3.38. The molecule has 9 heteroatoms. The van der Waals surface area contributed by atoms with E-state index in [-0.39, 0.29) is 23.8 Å². The number of methoxy groups -OCH3 is 2. The van der Waals surface area contributed by atoms with Crippen molar-refractivity contribution in [3.63, 3.8) is 0 Å². The summed E-state index contributed by atoms with van der Waals surface area (Å²) in [6.07, 6.45) is 3.15. The van der Waals surface area contributed by atoms with E-state index in [1.54, 1.807) is 32.6 Å². The van der Waals surface area contributed by atoms with E-state index in [9.17, 15) is 4.79 Å². The Morgan fingerprint density at radius 3 is 2.59 bits per heavy atom. The Morgan fingerprint density at radius 2 is 1.91 bits per heavy atom. The summed E-state index contributed by atoms with van der Waals surface area (Å²) in [5, 5.41) is 7.25. The van der Waals surface area contributed by atoms with Gasteiger partial charge in [0.2, 0.25) is 0 Å². The molecule has 1 amide bonds. The molecule has 162 valence electrons. The van der Waals surface area contributed by atoms with Crippen LogP contribution in [0.25, 0.3) is 22.2 Å². The van der Waals surface area contributed by atoms with Gasteiger partial charge in [-0.25, -0.2) is 9.97 Å². The third-order valence-electron chi connectivity index (χ3n) is 4.85. The van der Waals surface area contributed by atoms with Gasteiger partial charge in [-0.15, -0.1) is 6.58 Å². The highest BCUT2D eigenvalue weighted by molar-refractivity contribution is 6.10. The van der Waals surface area contributed by atoms with Gasteiger partial charge in [-0.05, 0) is 24.3 Å². The predicted molar refractivity (Wildman–Crippen MR) is 125 cm³/mol. The van der Waals surface area contributed by atoms with Crippen molar-refractivity contribution in [3.05, 3.63) is 66.2 Å². The van der Waals surface area contributed by atoms with E-state index in [1.165, 1.54) is 4.68 Å². The normalized spacial score (nSPS) is 11.2. The highest BCUT2D eigenvalue weighted by Crippen LogP contribution is 2.31. The summed E-state index contributed by atoms with van der Waals surface area (Å²) >= 11 is 0. The van der Waals surface area contributed by atoms with Crippen LogP contribution < -0.4 is 20.5 Å². The van der Waals surface area contributed by atoms with Gasteiger partial charge in [0.25, 0.3) is 5.91 Å². The minimum atomic E-state index is -0.384. The zero-order chi connectivity index (χ0) is 22.7. The number of ether oxygens (including phenoxy) is 2. The van der Waals surface area contributed by atoms with E-state index in [4.69, 9.17) is 15.2 Å². The zero-order valence-electron chi connectivity index (χ0n) is 17.7. The number of benzene rings is 2. The second-order valence-corrected chi connectivity index (χ2v) is 6.78. The molecule has 0 fully saturated rings. The number of nitrogen functional groups attached to an aromatic ring is 1. The molecule has 3 N–H and O–H groups in total. The van der Waals surface area contributed by atoms with Crippen molar-refractivity contribution in [1.82, 2.24) is 20.0 Å². The van der Waals surface area contributed by atoms with Crippen LogP contribution in [0.2, 0.25) is 0 Å². The maximum Gasteiger partial charge on any atom is 0.257 e. The van der Waals surface area contributed by atoms with Gasteiger partial charge in [0.05, 0.1) is 31.5 Å². The molecule has 2 heterocycles. The van der Waals surface area contributed by atoms with Crippen LogP contribution in [-0.2, 0) is 0 Å². The smallest absolute Gasteiger partial charge is 0.257 e. The van der Waals surface area contributed by atoms with Crippen LogP contribution in [0.15, 0.2) is 60.2 Å². The fraction of sp³-hybridized carbons (Fsp3) is 0.130. The minimum absolute atomic E-state index is 0.120. The molecule has 0 aliphatic carbocycles. The molecule has 2 aromatic heterocycles. The molecule has 0 spiro atoms. The topological polar surface area (TPSA) is 117 Å². The van der Waals surface area contributed by atoms with Gasteiger partial charge < -0.3 is 20.5 Å². The van der Waals surface area contributed by atoms with Crippen molar-refractivity contribution < 1.29 is 14.3 Å². The summed E-state index contributed by atoms with van der Waals surface area (Å²) < 4.78 is 12.2. The van der Waals surface area contributed by atoms with Crippen molar-refractivity contribution in [3.8, 4) is 11.5 Å². The number of nitrogens with zero attached hydrogens (tertiary/aromatic N) is 4. The maximum atomic E-state index is 12.8. The molecule has 0 aliphatic rings. The number of hydrogen-bond acceptors (Lipinski definition) is 7. The van der Waals surface area contributed by atoms with E-state index in [1.807, 2.05) is 36.4 Å². The van der Waals surface area contributed by atoms with Gasteiger partial charge in [-0.1, -0.05) is 24.3 Å². The molecule has 32 heavy (non-hydrogen) atoms. The summed E-state index contributed by atoms with van der Waals surface area (Å²) in [4.78, 5) is 22.1. The van der Waals surface area contributed by atoms with Crippen LogP contribution in [0.3, 0.4) is 0 Å². The number of para-hydroxylation sites is 3. The molecule has 4 rings (SSSR count). The van der Waals surface area contributed by atoms with E-state index >= 15 is 0 Å². The number of anilines is 1. The lowest BCUT2D eigenvalue weighted by Crippen LogP contribution is -2.24. The van der Waals surface area contributed by atoms with Crippen LogP contribution in [0, 0.1) is 0 Å². The van der Waals surface area contributed by atoms with E-state index in [0.29, 0.717) is 39.3 Å². The molecule has 4 aromatic rings. The Kier molecular flexibility index (Phi) is 5.71. The SMILES string of the molecule is C=CCNC(=O)c1c(N)n(/N=C\c2cccc(OC)c2OC)c2nc3ccccc3nc12. The number of aromatic nitrogens is 3. The first-order valence-corrected chi connectivity index (χ1v) is 9.80. The quantitative estimate of drug-likeness (QED) is 0.344. The zero-order valence-corrected chi connectivity index (χ0v) is 17.7. The molecular formula is C23H22N6O3. The molecule has 0 unspecified atom stereocenters. The average Bonchev–Trinajstić information content (AvgIpc) is 3.09. The summed E-state index contributed by atoms with van der Waals surface area (Å²) in [5.74, 6) is 0.825. The monoisotopic (exact) mass is 430 g/mol. The molecular weight excluding hydrogens is 408 g/mol. The maximum absolute atomic E-state index is 12.8. The summed E-state index contributed by atoms with van der Waals surface area (Å²) in [6, 6.07) is 12.8. The highest BCUT2D eigenvalue weighted by atomic mass is 16.5. The number of amides is 1. The summed E-state index contributed by atoms with van der Waals surface area (Å²) in [6.45, 7) is 3.91. The van der Waals surface area contributed by atoms with Gasteiger partial charge in [0.15, 0.2) is 17.1 Å². The first kappa shape index (κ1) is 20.9. The molecule has 0 saturated carbocycles. The third kappa shape index (κ3) is 3.60. The number of nitrogens with one attached hydrogen (secondary N) is 1. The standard InChI is InChI=1S/C23H22N6O3/c1-4-12-25-23(30)18-19-22(28-16-10-6-5-9-15(16)27-19)29(21(18)24)26-13-14-8-7-11-17(31-2)20(14)32-3/h4-11,13H,1,12,24H2,2-3H3,(H,25,30)/b26-13-. The molecule has 0 bridgehead atoms. The van der Waals surface area contributed by atoms with Crippen LogP contribution in [0.5, 0.6) is 11.5 Å². The Morgan fingerprint density at radius 1 is 1.16 bits per heavy atom. The number of rotatable bonds is 7. The number of fused-ring (bicyclic) bond motifs is 2. The predicted octanol–water partition coefficient (Wildman–Crippen LogP) is 2.98. The van der Waals surface area contributed by atoms with Crippen molar-refractivity contribution in [2.24, 2.45) is 5.10 Å². The first-order valence-electron chi connectivity index (χ1n) is 9.80.